The van der Waals surface area contributed by atoms with Crippen molar-refractivity contribution in [1.82, 2.24) is 0 Å². The summed E-state index contributed by atoms with van der Waals surface area (Å²) in [5, 5.41) is 3.06. The van der Waals surface area contributed by atoms with Crippen molar-refractivity contribution in [2.45, 2.75) is 18.9 Å². The maximum Gasteiger partial charge on any atom is 0.279 e. The van der Waals surface area contributed by atoms with Crippen molar-refractivity contribution in [3.63, 3.8) is 0 Å². The number of nitrogens with zero attached hydrogens (tertiary/aromatic N) is 1. The quantitative estimate of drug-likeness (QED) is 0.708. The minimum Gasteiger partial charge on any atom is -0.497 e. The van der Waals surface area contributed by atoms with Crippen LogP contribution in [-0.4, -0.2) is 59.5 Å². The topological polar surface area (TPSA) is 64.5 Å². The van der Waals surface area contributed by atoms with Gasteiger partial charge in [0.15, 0.2) is 6.54 Å². The summed E-state index contributed by atoms with van der Waals surface area (Å²) in [7, 11) is 3.36. The standard InChI is InChI=1S/C24H31N3O4/c1-29-20-9-10-23(30-2)21(16-20)22-4-3-11-27(22)17-24(28)25-18-5-7-19(8-6-18)26-12-14-31-15-13-26/h5-10,16,22H,3-4,11-15,17H2,1-2H3,(H,25,28)/p+1/t22-/m1/s1. The Bertz CT molecular complexity index is 881. The Morgan fingerprint density at radius 1 is 1.13 bits per heavy atom. The second-order valence-electron chi connectivity index (χ2n) is 8.08. The number of anilines is 2. The number of rotatable bonds is 7. The van der Waals surface area contributed by atoms with Crippen molar-refractivity contribution >= 4 is 17.3 Å². The van der Waals surface area contributed by atoms with Gasteiger partial charge < -0.3 is 29.3 Å². The van der Waals surface area contributed by atoms with Gasteiger partial charge in [0.1, 0.15) is 17.5 Å². The molecule has 0 radical (unpaired) electrons. The van der Waals surface area contributed by atoms with Gasteiger partial charge >= 0.3 is 0 Å². The molecule has 1 unspecified atom stereocenters. The van der Waals surface area contributed by atoms with Gasteiger partial charge in [-0.1, -0.05) is 0 Å². The van der Waals surface area contributed by atoms with Crippen LogP contribution in [0.15, 0.2) is 42.5 Å². The minimum atomic E-state index is 0.0304. The molecule has 0 saturated carbocycles. The molecule has 0 aliphatic carbocycles. The lowest BCUT2D eigenvalue weighted by molar-refractivity contribution is -0.910. The fourth-order valence-electron chi connectivity index (χ4n) is 4.60. The molecule has 7 heteroatoms. The van der Waals surface area contributed by atoms with Crippen LogP contribution in [0.3, 0.4) is 0 Å². The Kier molecular flexibility index (Phi) is 6.94. The Labute approximate surface area is 183 Å². The molecule has 2 atom stereocenters. The fraction of sp³-hybridized carbons (Fsp3) is 0.458. The van der Waals surface area contributed by atoms with Crippen LogP contribution in [-0.2, 0) is 9.53 Å². The van der Waals surface area contributed by atoms with Crippen LogP contribution in [0.2, 0.25) is 0 Å². The van der Waals surface area contributed by atoms with Crippen LogP contribution in [0.25, 0.3) is 0 Å². The van der Waals surface area contributed by atoms with E-state index in [1.807, 2.05) is 30.3 Å². The first-order chi connectivity index (χ1) is 15.2. The van der Waals surface area contributed by atoms with E-state index in [-0.39, 0.29) is 11.9 Å². The summed E-state index contributed by atoms with van der Waals surface area (Å²) < 4.78 is 16.4. The number of benzene rings is 2. The molecule has 31 heavy (non-hydrogen) atoms. The number of carbonyl (C=O) groups excluding carboxylic acids is 1. The molecule has 1 amide bonds. The van der Waals surface area contributed by atoms with E-state index in [0.29, 0.717) is 6.54 Å². The summed E-state index contributed by atoms with van der Waals surface area (Å²) in [5.74, 6) is 1.69. The van der Waals surface area contributed by atoms with Gasteiger partial charge in [0.2, 0.25) is 0 Å². The van der Waals surface area contributed by atoms with Gasteiger partial charge in [-0.2, -0.15) is 0 Å². The molecular weight excluding hydrogens is 394 g/mol. The van der Waals surface area contributed by atoms with E-state index < -0.39 is 0 Å². The van der Waals surface area contributed by atoms with E-state index in [2.05, 4.69) is 22.3 Å². The first-order valence-corrected chi connectivity index (χ1v) is 11.0. The Morgan fingerprint density at radius 3 is 2.61 bits per heavy atom. The van der Waals surface area contributed by atoms with E-state index in [4.69, 9.17) is 14.2 Å². The number of likely N-dealkylation sites (tertiary alicyclic amines) is 1. The summed E-state index contributed by atoms with van der Waals surface area (Å²) in [4.78, 5) is 16.4. The SMILES string of the molecule is COc1ccc(OC)c([C@H]2CCC[NH+]2CC(=O)Nc2ccc(N3CCOCC3)cc2)c1. The predicted octanol–water partition coefficient (Wildman–Crippen LogP) is 1.90. The second kappa shape index (κ2) is 10.0. The first kappa shape index (κ1) is 21.5. The zero-order valence-electron chi connectivity index (χ0n) is 18.4. The van der Waals surface area contributed by atoms with Crippen LogP contribution < -0.4 is 24.6 Å². The van der Waals surface area contributed by atoms with Crippen molar-refractivity contribution in [1.29, 1.82) is 0 Å². The highest BCUT2D eigenvalue weighted by Gasteiger charge is 2.34. The lowest BCUT2D eigenvalue weighted by Crippen LogP contribution is -3.11. The molecular formula is C24H32N3O4+. The van der Waals surface area contributed by atoms with E-state index in [9.17, 15) is 4.79 Å². The third kappa shape index (κ3) is 5.11. The van der Waals surface area contributed by atoms with Crippen LogP contribution in [0, 0.1) is 0 Å². The number of carbonyl (C=O) groups is 1. The zero-order valence-corrected chi connectivity index (χ0v) is 18.4. The second-order valence-corrected chi connectivity index (χ2v) is 8.08. The van der Waals surface area contributed by atoms with Gasteiger partial charge in [-0.3, -0.25) is 4.79 Å². The average Bonchev–Trinajstić information content (AvgIpc) is 3.27. The molecule has 2 heterocycles. The molecule has 2 aliphatic rings. The molecule has 0 spiro atoms. The van der Waals surface area contributed by atoms with Gasteiger partial charge in [0, 0.05) is 37.3 Å². The number of ether oxygens (including phenoxy) is 3. The average molecular weight is 427 g/mol. The molecule has 166 valence electrons. The fourth-order valence-corrected chi connectivity index (χ4v) is 4.60. The van der Waals surface area contributed by atoms with Crippen LogP contribution in [0.5, 0.6) is 11.5 Å². The van der Waals surface area contributed by atoms with Gasteiger partial charge in [-0.15, -0.1) is 0 Å². The predicted molar refractivity (Wildman–Crippen MR) is 120 cm³/mol. The first-order valence-electron chi connectivity index (χ1n) is 11.0. The molecule has 2 aromatic carbocycles. The molecule has 2 aliphatic heterocycles. The highest BCUT2D eigenvalue weighted by atomic mass is 16.5. The number of methoxy groups -OCH3 is 2. The van der Waals surface area contributed by atoms with E-state index in [0.717, 1.165) is 74.1 Å². The Hall–Kier alpha value is -2.77. The van der Waals surface area contributed by atoms with Crippen LogP contribution in [0.4, 0.5) is 11.4 Å². The molecule has 2 fully saturated rings. The molecule has 2 saturated heterocycles. The monoisotopic (exact) mass is 426 g/mol. The van der Waals surface area contributed by atoms with Gasteiger partial charge in [0.05, 0.1) is 39.5 Å². The maximum absolute atomic E-state index is 12.8. The number of morpholine rings is 1. The lowest BCUT2D eigenvalue weighted by atomic mass is 10.0. The van der Waals surface area contributed by atoms with Crippen LogP contribution >= 0.6 is 0 Å². The molecule has 0 bridgehead atoms. The van der Waals surface area contributed by atoms with Gasteiger partial charge in [-0.25, -0.2) is 0 Å². The molecule has 4 rings (SSSR count). The highest BCUT2D eigenvalue weighted by Crippen LogP contribution is 2.31. The van der Waals surface area contributed by atoms with E-state index in [1.165, 1.54) is 4.90 Å². The van der Waals surface area contributed by atoms with Crippen molar-refractivity contribution in [3.8, 4) is 11.5 Å². The molecule has 2 aromatic rings. The number of quaternary nitrogens is 1. The van der Waals surface area contributed by atoms with E-state index >= 15 is 0 Å². The highest BCUT2D eigenvalue weighted by molar-refractivity contribution is 5.91. The van der Waals surface area contributed by atoms with Gasteiger partial charge in [-0.05, 0) is 42.5 Å². The summed E-state index contributed by atoms with van der Waals surface area (Å²) >= 11 is 0. The van der Waals surface area contributed by atoms with Crippen molar-refractivity contribution in [3.05, 3.63) is 48.0 Å². The number of hydrogen-bond acceptors (Lipinski definition) is 5. The summed E-state index contributed by atoms with van der Waals surface area (Å²) in [5.41, 5.74) is 3.10. The smallest absolute Gasteiger partial charge is 0.279 e. The number of amides is 1. The third-order valence-corrected chi connectivity index (χ3v) is 6.21. The maximum atomic E-state index is 12.8. The largest absolute Gasteiger partial charge is 0.497 e. The molecule has 0 aromatic heterocycles. The lowest BCUT2D eigenvalue weighted by Gasteiger charge is -2.29. The Morgan fingerprint density at radius 2 is 1.90 bits per heavy atom. The molecule has 2 N–H and O–H groups in total. The van der Waals surface area contributed by atoms with Crippen molar-refractivity contribution in [2.75, 3.05) is 63.8 Å². The minimum absolute atomic E-state index is 0.0304. The van der Waals surface area contributed by atoms with Crippen molar-refractivity contribution in [2.24, 2.45) is 0 Å². The molecule has 7 nitrogen and oxygen atoms in total. The zero-order chi connectivity index (χ0) is 21.6. The van der Waals surface area contributed by atoms with Crippen molar-refractivity contribution < 1.29 is 23.9 Å². The number of hydrogen-bond donors (Lipinski definition) is 2. The van der Waals surface area contributed by atoms with Crippen LogP contribution in [0.1, 0.15) is 24.4 Å². The Balaban J connectivity index is 1.39. The summed E-state index contributed by atoms with van der Waals surface area (Å²) in [6.45, 7) is 4.72. The summed E-state index contributed by atoms with van der Waals surface area (Å²) in [6, 6.07) is 14.2. The summed E-state index contributed by atoms with van der Waals surface area (Å²) in [6.07, 6.45) is 2.11. The van der Waals surface area contributed by atoms with Gasteiger partial charge in [0.25, 0.3) is 5.91 Å². The van der Waals surface area contributed by atoms with E-state index in [1.54, 1.807) is 14.2 Å². The normalized spacial score (nSPS) is 21.0. The third-order valence-electron chi connectivity index (χ3n) is 6.21. The number of nitrogens with one attached hydrogen (secondary N) is 2.